The van der Waals surface area contributed by atoms with Gasteiger partial charge in [-0.15, -0.1) is 0 Å². The molecular formula is C21H23F3N2O4. The third kappa shape index (κ3) is 5.79. The van der Waals surface area contributed by atoms with Crippen molar-refractivity contribution in [2.75, 3.05) is 27.3 Å². The first kappa shape index (κ1) is 21.8. The van der Waals surface area contributed by atoms with Crippen LogP contribution in [0.5, 0.6) is 23.0 Å². The van der Waals surface area contributed by atoms with Crippen LogP contribution in [0.2, 0.25) is 0 Å². The summed E-state index contributed by atoms with van der Waals surface area (Å²) in [6.45, 7) is -0.735. The molecule has 30 heavy (non-hydrogen) atoms. The van der Waals surface area contributed by atoms with Gasteiger partial charge in [0.1, 0.15) is 29.5 Å². The van der Waals surface area contributed by atoms with E-state index in [-0.39, 0.29) is 6.54 Å². The minimum Gasteiger partial charge on any atom is -0.496 e. The normalized spacial score (nSPS) is 16.6. The number of methoxy groups -OCH3 is 2. The first-order chi connectivity index (χ1) is 14.3. The van der Waals surface area contributed by atoms with Crippen LogP contribution in [0.25, 0.3) is 0 Å². The Balaban J connectivity index is 1.55. The quantitative estimate of drug-likeness (QED) is 0.700. The number of hydrogen-bond acceptors (Lipinski definition) is 5. The van der Waals surface area contributed by atoms with Crippen molar-refractivity contribution in [3.63, 3.8) is 0 Å². The van der Waals surface area contributed by atoms with Crippen LogP contribution in [-0.2, 0) is 11.3 Å². The van der Waals surface area contributed by atoms with Gasteiger partial charge in [-0.25, -0.2) is 0 Å². The summed E-state index contributed by atoms with van der Waals surface area (Å²) in [5, 5.41) is 3.03. The van der Waals surface area contributed by atoms with Crippen molar-refractivity contribution in [2.45, 2.75) is 25.2 Å². The number of ether oxygens (including phenoxy) is 3. The van der Waals surface area contributed by atoms with E-state index in [0.29, 0.717) is 36.0 Å². The number of carbonyl (C=O) groups is 1. The van der Waals surface area contributed by atoms with Crippen molar-refractivity contribution in [1.82, 2.24) is 10.2 Å². The summed E-state index contributed by atoms with van der Waals surface area (Å²) in [7, 11) is 3.11. The molecule has 1 atom stereocenters. The summed E-state index contributed by atoms with van der Waals surface area (Å²) < 4.78 is 53.8. The van der Waals surface area contributed by atoms with Crippen molar-refractivity contribution in [3.8, 4) is 23.0 Å². The van der Waals surface area contributed by atoms with Crippen LogP contribution in [0.15, 0.2) is 42.5 Å². The van der Waals surface area contributed by atoms with Crippen molar-refractivity contribution in [1.29, 1.82) is 0 Å². The molecule has 1 aliphatic heterocycles. The minimum absolute atomic E-state index is 0.104. The van der Waals surface area contributed by atoms with Crippen LogP contribution >= 0.6 is 0 Å². The molecular weight excluding hydrogens is 401 g/mol. The second-order valence-corrected chi connectivity index (χ2v) is 6.89. The van der Waals surface area contributed by atoms with E-state index in [1.165, 1.54) is 0 Å². The third-order valence-corrected chi connectivity index (χ3v) is 4.70. The zero-order chi connectivity index (χ0) is 21.7. The molecule has 0 bridgehead atoms. The maximum atomic E-state index is 12.5. The molecule has 0 unspecified atom stereocenters. The van der Waals surface area contributed by atoms with E-state index < -0.39 is 24.7 Å². The average molecular weight is 424 g/mol. The molecule has 0 radical (unpaired) electrons. The lowest BCUT2D eigenvalue weighted by atomic mass is 10.2. The first-order valence-corrected chi connectivity index (χ1v) is 9.36. The Morgan fingerprint density at radius 3 is 2.17 bits per heavy atom. The lowest BCUT2D eigenvalue weighted by Gasteiger charge is -2.18. The lowest BCUT2D eigenvalue weighted by molar-refractivity contribution is -0.158. The van der Waals surface area contributed by atoms with Crippen molar-refractivity contribution < 1.29 is 32.2 Å². The highest BCUT2D eigenvalue weighted by Crippen LogP contribution is 2.31. The van der Waals surface area contributed by atoms with Crippen LogP contribution in [0, 0.1) is 0 Å². The molecule has 1 amide bonds. The Labute approximate surface area is 172 Å². The van der Waals surface area contributed by atoms with Crippen LogP contribution in [0.3, 0.4) is 0 Å². The molecule has 1 aliphatic rings. The number of nitrogens with one attached hydrogen (secondary N) is 1. The Hall–Kier alpha value is -2.94. The van der Waals surface area contributed by atoms with Gasteiger partial charge in [0.15, 0.2) is 0 Å². The summed E-state index contributed by atoms with van der Waals surface area (Å²) in [4.78, 5) is 12.9. The van der Waals surface area contributed by atoms with Crippen LogP contribution < -0.4 is 19.5 Å². The predicted molar refractivity (Wildman–Crippen MR) is 104 cm³/mol. The molecule has 1 fully saturated rings. The smallest absolute Gasteiger partial charge is 0.406 e. The van der Waals surface area contributed by atoms with Gasteiger partial charge in [-0.2, -0.15) is 13.2 Å². The molecule has 2 aromatic rings. The van der Waals surface area contributed by atoms with Crippen LogP contribution in [-0.4, -0.2) is 50.3 Å². The van der Waals surface area contributed by atoms with Gasteiger partial charge >= 0.3 is 6.18 Å². The van der Waals surface area contributed by atoms with E-state index in [2.05, 4.69) is 5.32 Å². The largest absolute Gasteiger partial charge is 0.496 e. The van der Waals surface area contributed by atoms with E-state index >= 15 is 0 Å². The van der Waals surface area contributed by atoms with E-state index in [4.69, 9.17) is 14.2 Å². The highest BCUT2D eigenvalue weighted by atomic mass is 19.4. The zero-order valence-corrected chi connectivity index (χ0v) is 16.7. The molecule has 6 nitrogen and oxygen atoms in total. The topological polar surface area (TPSA) is 60.0 Å². The fourth-order valence-corrected chi connectivity index (χ4v) is 3.19. The second kappa shape index (κ2) is 9.25. The second-order valence-electron chi connectivity index (χ2n) is 6.89. The highest BCUT2D eigenvalue weighted by Gasteiger charge is 2.38. The molecule has 3 rings (SSSR count). The van der Waals surface area contributed by atoms with E-state index in [9.17, 15) is 18.0 Å². The van der Waals surface area contributed by atoms with Crippen molar-refractivity contribution in [3.05, 3.63) is 48.0 Å². The maximum absolute atomic E-state index is 12.5. The average Bonchev–Trinajstić information content (AvgIpc) is 3.05. The minimum atomic E-state index is -4.38. The van der Waals surface area contributed by atoms with Gasteiger partial charge in [0.05, 0.1) is 20.3 Å². The number of benzene rings is 2. The summed E-state index contributed by atoms with van der Waals surface area (Å²) in [6, 6.07) is 11.8. The molecule has 1 heterocycles. The molecule has 162 valence electrons. The summed E-state index contributed by atoms with van der Waals surface area (Å²) in [5.41, 5.74) is 0.882. The fourth-order valence-electron chi connectivity index (χ4n) is 3.19. The Kier molecular flexibility index (Phi) is 6.71. The molecule has 0 aromatic heterocycles. The van der Waals surface area contributed by atoms with Gasteiger partial charge in [-0.05, 0) is 24.1 Å². The lowest BCUT2D eigenvalue weighted by Crippen LogP contribution is -2.41. The molecule has 1 N–H and O–H groups in total. The zero-order valence-electron chi connectivity index (χ0n) is 16.7. The third-order valence-electron chi connectivity index (χ3n) is 4.70. The van der Waals surface area contributed by atoms with Gasteiger partial charge < -0.3 is 24.4 Å². The van der Waals surface area contributed by atoms with E-state index in [1.807, 2.05) is 12.1 Å². The molecule has 0 saturated carbocycles. The molecule has 1 saturated heterocycles. The molecule has 9 heteroatoms. The number of carbonyl (C=O) groups excluding carboxylic acids is 1. The van der Waals surface area contributed by atoms with Crippen LogP contribution in [0.4, 0.5) is 13.2 Å². The maximum Gasteiger partial charge on any atom is 0.406 e. The van der Waals surface area contributed by atoms with Crippen molar-refractivity contribution in [2.24, 2.45) is 0 Å². The predicted octanol–water partition coefficient (Wildman–Crippen LogP) is 3.75. The van der Waals surface area contributed by atoms with Gasteiger partial charge in [-0.3, -0.25) is 4.79 Å². The number of amides is 1. The number of alkyl halides is 3. The van der Waals surface area contributed by atoms with Gasteiger partial charge in [0.2, 0.25) is 5.91 Å². The monoisotopic (exact) mass is 424 g/mol. The van der Waals surface area contributed by atoms with E-state index in [1.54, 1.807) is 44.6 Å². The number of likely N-dealkylation sites (tertiary alicyclic amines) is 1. The Bertz CT molecular complexity index is 849. The molecule has 2 aromatic carbocycles. The fraction of sp³-hybridized carbons (Fsp3) is 0.381. The van der Waals surface area contributed by atoms with E-state index in [0.717, 1.165) is 10.5 Å². The summed E-state index contributed by atoms with van der Waals surface area (Å²) in [6.07, 6.45) is -4.03. The number of rotatable bonds is 8. The number of hydrogen-bond donors (Lipinski definition) is 1. The number of nitrogens with zero attached hydrogens (tertiary/aromatic N) is 1. The van der Waals surface area contributed by atoms with Gasteiger partial charge in [-0.1, -0.05) is 12.1 Å². The highest BCUT2D eigenvalue weighted by molar-refractivity contribution is 5.84. The Morgan fingerprint density at radius 1 is 1.00 bits per heavy atom. The van der Waals surface area contributed by atoms with Crippen LogP contribution in [0.1, 0.15) is 12.0 Å². The van der Waals surface area contributed by atoms with Gasteiger partial charge in [0, 0.05) is 31.3 Å². The standard InChI is InChI=1S/C21H23F3N2O4/c1-28-16-9-17(29-2)11-18(10-16)30-15-5-3-14(4-6-15)12-25-19-7-8-26(20(19)27)13-21(22,23)24/h3-6,9-11,19,25H,7-8,12-13H2,1-2H3/t19-/m0/s1. The summed E-state index contributed by atoms with van der Waals surface area (Å²) in [5.74, 6) is 1.84. The SMILES string of the molecule is COc1cc(OC)cc(Oc2ccc(CN[C@H]3CCN(CC(F)(F)F)C3=O)cc2)c1. The summed E-state index contributed by atoms with van der Waals surface area (Å²) >= 11 is 0. The number of halogens is 3. The first-order valence-electron chi connectivity index (χ1n) is 9.36. The molecule has 0 spiro atoms. The molecule has 0 aliphatic carbocycles. The van der Waals surface area contributed by atoms with Crippen molar-refractivity contribution >= 4 is 5.91 Å². The van der Waals surface area contributed by atoms with Gasteiger partial charge in [0.25, 0.3) is 0 Å². The Morgan fingerprint density at radius 2 is 1.60 bits per heavy atom.